The van der Waals surface area contributed by atoms with Crippen molar-refractivity contribution in [2.45, 2.75) is 26.4 Å². The molecule has 0 aliphatic heterocycles. The Kier molecular flexibility index (Phi) is 2.74. The van der Waals surface area contributed by atoms with Gasteiger partial charge in [0.2, 0.25) is 0 Å². The normalized spacial score (nSPS) is 13.7. The van der Waals surface area contributed by atoms with E-state index < -0.39 is 9.03 Å². The van der Waals surface area contributed by atoms with E-state index in [0.717, 1.165) is 0 Å². The molecular formula is C4H10O2P-. The lowest BCUT2D eigenvalue weighted by molar-refractivity contribution is -0.176. The Hall–Kier alpha value is 0.350. The summed E-state index contributed by atoms with van der Waals surface area (Å²) in [4.78, 5) is 9.75. The second kappa shape index (κ2) is 2.61. The average molecular weight is 121 g/mol. The zero-order valence-electron chi connectivity index (χ0n) is 4.82. The molecule has 44 valence electrons. The molecule has 1 atom stereocenters. The largest absolute Gasteiger partial charge is 0.810 e. The third kappa shape index (κ3) is 6.35. The minimum absolute atomic E-state index is 0.250. The van der Waals surface area contributed by atoms with Gasteiger partial charge in [-0.25, -0.2) is 0 Å². The standard InChI is InChI=1S/C4H10O2P/c1-4(2,3)6-7-5/h7H,1-3H3/q-1. The second-order valence-electron chi connectivity index (χ2n) is 2.30. The van der Waals surface area contributed by atoms with Crippen LogP contribution in [0.1, 0.15) is 20.8 Å². The highest BCUT2D eigenvalue weighted by molar-refractivity contribution is 7.23. The van der Waals surface area contributed by atoms with Gasteiger partial charge in [0.15, 0.2) is 0 Å². The molecular weight excluding hydrogens is 111 g/mol. The molecule has 0 aliphatic rings. The van der Waals surface area contributed by atoms with Gasteiger partial charge in [-0.2, -0.15) is 0 Å². The summed E-state index contributed by atoms with van der Waals surface area (Å²) in [6.45, 7) is 5.58. The monoisotopic (exact) mass is 121 g/mol. The van der Waals surface area contributed by atoms with Crippen LogP contribution in [0.4, 0.5) is 0 Å². The molecule has 1 unspecified atom stereocenters. The second-order valence-corrected chi connectivity index (χ2v) is 2.67. The number of hydrogen-bond acceptors (Lipinski definition) is 2. The summed E-state index contributed by atoms with van der Waals surface area (Å²) in [7, 11) is -0.641. The fourth-order valence-corrected chi connectivity index (χ4v) is 0.375. The van der Waals surface area contributed by atoms with E-state index in [-0.39, 0.29) is 5.60 Å². The minimum atomic E-state index is -0.641. The highest BCUT2D eigenvalue weighted by atomic mass is 31.1. The van der Waals surface area contributed by atoms with Gasteiger partial charge < -0.3 is 9.42 Å². The summed E-state index contributed by atoms with van der Waals surface area (Å²) >= 11 is 0. The van der Waals surface area contributed by atoms with Gasteiger partial charge in [-0.15, -0.1) is 0 Å². The van der Waals surface area contributed by atoms with Crippen molar-refractivity contribution in [1.29, 1.82) is 0 Å². The van der Waals surface area contributed by atoms with E-state index in [0.29, 0.717) is 0 Å². The van der Waals surface area contributed by atoms with Crippen LogP contribution < -0.4 is 4.89 Å². The van der Waals surface area contributed by atoms with Crippen LogP contribution in [0.3, 0.4) is 0 Å². The lowest BCUT2D eigenvalue weighted by Crippen LogP contribution is -2.15. The van der Waals surface area contributed by atoms with Crippen molar-refractivity contribution >= 4 is 9.03 Å². The Morgan fingerprint density at radius 1 is 1.43 bits per heavy atom. The molecule has 0 fully saturated rings. The van der Waals surface area contributed by atoms with Crippen LogP contribution in [-0.4, -0.2) is 5.60 Å². The molecule has 0 amide bonds. The molecule has 0 aromatic carbocycles. The first-order valence-corrected chi connectivity index (χ1v) is 2.93. The van der Waals surface area contributed by atoms with Crippen molar-refractivity contribution < 1.29 is 9.42 Å². The molecule has 0 saturated carbocycles. The Balaban J connectivity index is 3.15. The molecule has 0 aromatic heterocycles. The fraction of sp³-hybridized carbons (Fsp3) is 1.00. The topological polar surface area (TPSA) is 32.3 Å². The molecule has 0 N–H and O–H groups in total. The van der Waals surface area contributed by atoms with Crippen LogP contribution in [0.2, 0.25) is 0 Å². The molecule has 0 saturated heterocycles. The van der Waals surface area contributed by atoms with Crippen molar-refractivity contribution in [3.05, 3.63) is 0 Å². The van der Waals surface area contributed by atoms with Crippen LogP contribution in [0.5, 0.6) is 0 Å². The molecule has 0 heterocycles. The maximum atomic E-state index is 9.75. The van der Waals surface area contributed by atoms with Crippen molar-refractivity contribution in [3.63, 3.8) is 0 Å². The lowest BCUT2D eigenvalue weighted by Gasteiger charge is -2.21. The number of hydrogen-bond donors (Lipinski definition) is 0. The lowest BCUT2D eigenvalue weighted by atomic mass is 10.2. The maximum absolute atomic E-state index is 9.75. The van der Waals surface area contributed by atoms with Crippen LogP contribution in [-0.2, 0) is 4.52 Å². The van der Waals surface area contributed by atoms with Gasteiger partial charge >= 0.3 is 0 Å². The molecule has 0 bridgehead atoms. The van der Waals surface area contributed by atoms with Gasteiger partial charge in [0.25, 0.3) is 0 Å². The zero-order chi connectivity index (χ0) is 5.91. The van der Waals surface area contributed by atoms with Crippen molar-refractivity contribution in [2.75, 3.05) is 0 Å². The minimum Gasteiger partial charge on any atom is -0.810 e. The third-order valence-electron chi connectivity index (χ3n) is 0.348. The van der Waals surface area contributed by atoms with Gasteiger partial charge in [0.1, 0.15) is 0 Å². The first-order valence-electron chi connectivity index (χ1n) is 2.11. The summed E-state index contributed by atoms with van der Waals surface area (Å²) in [5.74, 6) is 0. The molecule has 0 spiro atoms. The fourth-order valence-electron chi connectivity index (χ4n) is 0.125. The van der Waals surface area contributed by atoms with E-state index in [9.17, 15) is 4.89 Å². The van der Waals surface area contributed by atoms with Crippen molar-refractivity contribution in [2.24, 2.45) is 0 Å². The highest BCUT2D eigenvalue weighted by Crippen LogP contribution is 2.14. The third-order valence-corrected chi connectivity index (χ3v) is 1.04. The van der Waals surface area contributed by atoms with E-state index in [1.54, 1.807) is 0 Å². The quantitative estimate of drug-likeness (QED) is 0.477. The Morgan fingerprint density at radius 3 is 1.86 bits per heavy atom. The molecule has 7 heavy (non-hydrogen) atoms. The van der Waals surface area contributed by atoms with Crippen LogP contribution in [0, 0.1) is 0 Å². The molecule has 0 aromatic rings. The Morgan fingerprint density at radius 2 is 1.86 bits per heavy atom. The van der Waals surface area contributed by atoms with Gasteiger partial charge in [-0.1, -0.05) is 9.03 Å². The van der Waals surface area contributed by atoms with E-state index in [2.05, 4.69) is 0 Å². The first-order chi connectivity index (χ1) is 3.06. The molecule has 3 heteroatoms. The van der Waals surface area contributed by atoms with Crippen LogP contribution >= 0.6 is 9.03 Å². The van der Waals surface area contributed by atoms with E-state index in [1.807, 2.05) is 20.8 Å². The van der Waals surface area contributed by atoms with Gasteiger partial charge in [0.05, 0.1) is 5.60 Å². The summed E-state index contributed by atoms with van der Waals surface area (Å²) in [5.41, 5.74) is -0.250. The maximum Gasteiger partial charge on any atom is 0.0621 e. The summed E-state index contributed by atoms with van der Waals surface area (Å²) in [6, 6.07) is 0. The SMILES string of the molecule is CC(C)(C)OP[O-]. The van der Waals surface area contributed by atoms with Crippen molar-refractivity contribution in [1.82, 2.24) is 0 Å². The van der Waals surface area contributed by atoms with Gasteiger partial charge in [0, 0.05) is 0 Å². The van der Waals surface area contributed by atoms with Gasteiger partial charge in [-0.3, -0.25) is 0 Å². The molecule has 0 aliphatic carbocycles. The molecule has 2 nitrogen and oxygen atoms in total. The zero-order valence-corrected chi connectivity index (χ0v) is 5.82. The molecule has 0 rings (SSSR count). The highest BCUT2D eigenvalue weighted by Gasteiger charge is 2.05. The van der Waals surface area contributed by atoms with E-state index in [1.165, 1.54) is 0 Å². The summed E-state index contributed by atoms with van der Waals surface area (Å²) in [6.07, 6.45) is 0. The predicted molar refractivity (Wildman–Crippen MR) is 29.2 cm³/mol. The van der Waals surface area contributed by atoms with Crippen molar-refractivity contribution in [3.8, 4) is 0 Å². The number of rotatable bonds is 1. The van der Waals surface area contributed by atoms with E-state index >= 15 is 0 Å². The predicted octanol–water partition coefficient (Wildman–Crippen LogP) is 0.670. The average Bonchev–Trinajstić information content (AvgIpc) is 1.30. The summed E-state index contributed by atoms with van der Waals surface area (Å²) in [5, 5.41) is 0. The Bertz CT molecular complexity index is 48.1. The Labute approximate surface area is 45.8 Å². The summed E-state index contributed by atoms with van der Waals surface area (Å²) < 4.78 is 4.70. The van der Waals surface area contributed by atoms with Gasteiger partial charge in [-0.05, 0) is 20.8 Å². The van der Waals surface area contributed by atoms with Crippen LogP contribution in [0.15, 0.2) is 0 Å². The first kappa shape index (κ1) is 7.35. The smallest absolute Gasteiger partial charge is 0.0621 e. The molecule has 0 radical (unpaired) electrons. The van der Waals surface area contributed by atoms with E-state index in [4.69, 9.17) is 4.52 Å². The van der Waals surface area contributed by atoms with Crippen LogP contribution in [0.25, 0.3) is 0 Å².